The van der Waals surface area contributed by atoms with Crippen LogP contribution in [0.15, 0.2) is 42.5 Å². The normalized spacial score (nSPS) is 18.4. The van der Waals surface area contributed by atoms with Crippen molar-refractivity contribution in [2.75, 3.05) is 57.9 Å². The molecule has 28 heavy (non-hydrogen) atoms. The Bertz CT molecular complexity index is 790. The molecular weight excluding hydrogens is 356 g/mol. The molecule has 150 valence electrons. The van der Waals surface area contributed by atoms with Gasteiger partial charge in [-0.25, -0.2) is 0 Å². The average molecular weight is 384 g/mol. The van der Waals surface area contributed by atoms with Gasteiger partial charge >= 0.3 is 0 Å². The highest BCUT2D eigenvalue weighted by atomic mass is 16.5. The zero-order valence-corrected chi connectivity index (χ0v) is 16.3. The molecule has 6 heteroatoms. The third kappa shape index (κ3) is 4.18. The van der Waals surface area contributed by atoms with Crippen molar-refractivity contribution in [3.8, 4) is 17.2 Å². The first-order chi connectivity index (χ1) is 13.7. The molecule has 1 N–H and O–H groups in total. The molecule has 1 atom stereocenters. The molecule has 0 aromatic heterocycles. The van der Waals surface area contributed by atoms with Gasteiger partial charge in [-0.2, -0.15) is 0 Å². The lowest BCUT2D eigenvalue weighted by Gasteiger charge is -2.37. The van der Waals surface area contributed by atoms with E-state index in [4.69, 9.17) is 14.2 Å². The van der Waals surface area contributed by atoms with Crippen LogP contribution in [0.1, 0.15) is 18.1 Å². The maximum Gasteiger partial charge on any atom is 0.161 e. The third-order valence-corrected chi connectivity index (χ3v) is 5.39. The molecule has 2 aliphatic heterocycles. The molecule has 0 unspecified atom stereocenters. The second kappa shape index (κ2) is 8.71. The lowest BCUT2D eigenvalue weighted by atomic mass is 10.1. The van der Waals surface area contributed by atoms with Crippen molar-refractivity contribution < 1.29 is 19.3 Å². The molecule has 0 saturated carbocycles. The molecule has 6 nitrogen and oxygen atoms in total. The monoisotopic (exact) mass is 384 g/mol. The van der Waals surface area contributed by atoms with E-state index in [0.29, 0.717) is 19.8 Å². The highest BCUT2D eigenvalue weighted by molar-refractivity contribution is 5.58. The highest BCUT2D eigenvalue weighted by Crippen LogP contribution is 2.33. The van der Waals surface area contributed by atoms with Gasteiger partial charge in [-0.1, -0.05) is 18.2 Å². The number of piperazine rings is 1. The fraction of sp³-hybridized carbons (Fsp3) is 0.455. The number of ether oxygens (including phenoxy) is 3. The minimum atomic E-state index is -0.546. The van der Waals surface area contributed by atoms with Crippen molar-refractivity contribution in [1.29, 1.82) is 0 Å². The second-order valence-corrected chi connectivity index (χ2v) is 7.23. The van der Waals surface area contributed by atoms with Gasteiger partial charge in [-0.3, -0.25) is 4.90 Å². The first kappa shape index (κ1) is 18.9. The summed E-state index contributed by atoms with van der Waals surface area (Å²) >= 11 is 0. The summed E-state index contributed by atoms with van der Waals surface area (Å²) in [5.41, 5.74) is 2.00. The first-order valence-corrected chi connectivity index (χ1v) is 9.92. The van der Waals surface area contributed by atoms with E-state index in [2.05, 4.69) is 15.9 Å². The molecule has 0 spiro atoms. The molecule has 0 aliphatic carbocycles. The van der Waals surface area contributed by atoms with Crippen LogP contribution in [0.3, 0.4) is 0 Å². The smallest absolute Gasteiger partial charge is 0.161 e. The standard InChI is InChI=1S/C22H28N2O4/c1-26-20-6-3-2-5-18(20)24-11-9-23(10-12-24)16-19(25)17-7-8-21-22(15-17)28-14-4-13-27-21/h2-3,5-8,15,19,25H,4,9-14,16H2,1H3/t19-/m1/s1. The van der Waals surface area contributed by atoms with Crippen LogP contribution in [0.2, 0.25) is 0 Å². The quantitative estimate of drug-likeness (QED) is 0.856. The van der Waals surface area contributed by atoms with Crippen molar-refractivity contribution in [1.82, 2.24) is 4.90 Å². The van der Waals surface area contributed by atoms with E-state index in [-0.39, 0.29) is 0 Å². The Balaban J connectivity index is 1.35. The number of benzene rings is 2. The summed E-state index contributed by atoms with van der Waals surface area (Å²) in [5, 5.41) is 10.7. The minimum absolute atomic E-state index is 0.546. The maximum atomic E-state index is 10.7. The Kier molecular flexibility index (Phi) is 5.88. The summed E-state index contributed by atoms with van der Waals surface area (Å²) in [6, 6.07) is 13.9. The van der Waals surface area contributed by atoms with Gasteiger partial charge in [0.25, 0.3) is 0 Å². The van der Waals surface area contributed by atoms with Gasteiger partial charge in [0.15, 0.2) is 11.5 Å². The van der Waals surface area contributed by atoms with E-state index in [9.17, 15) is 5.11 Å². The molecule has 2 heterocycles. The van der Waals surface area contributed by atoms with Crippen LogP contribution in [0.25, 0.3) is 0 Å². The van der Waals surface area contributed by atoms with Gasteiger partial charge in [0.05, 0.1) is 32.1 Å². The van der Waals surface area contributed by atoms with Gasteiger partial charge in [0.1, 0.15) is 5.75 Å². The predicted octanol–water partition coefficient (Wildman–Crippen LogP) is 2.71. The molecule has 2 aliphatic rings. The van der Waals surface area contributed by atoms with Crippen LogP contribution in [-0.4, -0.2) is 63.1 Å². The summed E-state index contributed by atoms with van der Waals surface area (Å²) in [6.07, 6.45) is 0.332. The molecule has 1 saturated heterocycles. The zero-order valence-electron chi connectivity index (χ0n) is 16.3. The number of rotatable bonds is 5. The van der Waals surface area contributed by atoms with Gasteiger partial charge < -0.3 is 24.2 Å². The van der Waals surface area contributed by atoms with Crippen LogP contribution in [0.5, 0.6) is 17.2 Å². The lowest BCUT2D eigenvalue weighted by molar-refractivity contribution is 0.109. The lowest BCUT2D eigenvalue weighted by Crippen LogP contribution is -2.47. The third-order valence-electron chi connectivity index (χ3n) is 5.39. The number of methoxy groups -OCH3 is 1. The van der Waals surface area contributed by atoms with Gasteiger partial charge in [0.2, 0.25) is 0 Å². The number of β-amino-alcohol motifs (C(OH)–C–C–N with tert-alkyl or cyclic N) is 1. The Morgan fingerprint density at radius 1 is 1.00 bits per heavy atom. The van der Waals surface area contributed by atoms with Crippen LogP contribution in [0.4, 0.5) is 5.69 Å². The van der Waals surface area contributed by atoms with E-state index >= 15 is 0 Å². The summed E-state index contributed by atoms with van der Waals surface area (Å²) in [7, 11) is 1.71. The number of para-hydroxylation sites is 2. The predicted molar refractivity (Wildman–Crippen MR) is 109 cm³/mol. The Morgan fingerprint density at radius 2 is 1.75 bits per heavy atom. The second-order valence-electron chi connectivity index (χ2n) is 7.23. The summed E-state index contributed by atoms with van der Waals surface area (Å²) in [6.45, 7) is 5.56. The van der Waals surface area contributed by atoms with E-state index in [1.807, 2.05) is 36.4 Å². The number of aliphatic hydroxyl groups excluding tert-OH is 1. The SMILES string of the molecule is COc1ccccc1N1CCN(C[C@@H](O)c2ccc3c(c2)OCCCO3)CC1. The Hall–Kier alpha value is -2.44. The molecule has 0 amide bonds. The summed E-state index contributed by atoms with van der Waals surface area (Å²) in [5.74, 6) is 2.40. The number of hydrogen-bond acceptors (Lipinski definition) is 6. The zero-order chi connectivity index (χ0) is 19.3. The molecule has 0 bridgehead atoms. The van der Waals surface area contributed by atoms with E-state index in [1.54, 1.807) is 7.11 Å². The number of aliphatic hydroxyl groups is 1. The number of fused-ring (bicyclic) bond motifs is 1. The van der Waals surface area contributed by atoms with E-state index < -0.39 is 6.10 Å². The molecule has 0 radical (unpaired) electrons. The van der Waals surface area contributed by atoms with Crippen molar-refractivity contribution in [3.05, 3.63) is 48.0 Å². The number of nitrogens with zero attached hydrogens (tertiary/aromatic N) is 2. The topological polar surface area (TPSA) is 54.4 Å². The summed E-state index contributed by atoms with van der Waals surface area (Å²) in [4.78, 5) is 4.65. The van der Waals surface area contributed by atoms with Gasteiger partial charge in [-0.05, 0) is 29.8 Å². The Morgan fingerprint density at radius 3 is 2.54 bits per heavy atom. The van der Waals surface area contributed by atoms with Crippen molar-refractivity contribution in [2.24, 2.45) is 0 Å². The van der Waals surface area contributed by atoms with Crippen LogP contribution < -0.4 is 19.1 Å². The molecule has 2 aromatic carbocycles. The highest BCUT2D eigenvalue weighted by Gasteiger charge is 2.22. The van der Waals surface area contributed by atoms with E-state index in [1.165, 1.54) is 0 Å². The first-order valence-electron chi connectivity index (χ1n) is 9.92. The van der Waals surface area contributed by atoms with E-state index in [0.717, 1.165) is 61.1 Å². The number of hydrogen-bond donors (Lipinski definition) is 1. The largest absolute Gasteiger partial charge is 0.495 e. The van der Waals surface area contributed by atoms with Crippen molar-refractivity contribution >= 4 is 5.69 Å². The van der Waals surface area contributed by atoms with Gasteiger partial charge in [-0.15, -0.1) is 0 Å². The average Bonchev–Trinajstić information content (AvgIpc) is 2.99. The number of anilines is 1. The minimum Gasteiger partial charge on any atom is -0.495 e. The fourth-order valence-electron chi connectivity index (χ4n) is 3.80. The molecule has 2 aromatic rings. The van der Waals surface area contributed by atoms with Crippen LogP contribution in [0, 0.1) is 0 Å². The van der Waals surface area contributed by atoms with Crippen LogP contribution >= 0.6 is 0 Å². The van der Waals surface area contributed by atoms with Crippen LogP contribution in [-0.2, 0) is 0 Å². The van der Waals surface area contributed by atoms with Crippen molar-refractivity contribution in [3.63, 3.8) is 0 Å². The van der Waals surface area contributed by atoms with Gasteiger partial charge in [0, 0.05) is 39.1 Å². The molecular formula is C22H28N2O4. The Labute approximate surface area is 166 Å². The fourth-order valence-corrected chi connectivity index (χ4v) is 3.80. The van der Waals surface area contributed by atoms with Crippen molar-refractivity contribution in [2.45, 2.75) is 12.5 Å². The molecule has 4 rings (SSSR count). The summed E-state index contributed by atoms with van der Waals surface area (Å²) < 4.78 is 16.9. The molecule has 1 fully saturated rings. The maximum absolute atomic E-state index is 10.7.